The summed E-state index contributed by atoms with van der Waals surface area (Å²) in [6, 6.07) is 24.6. The van der Waals surface area contributed by atoms with Crippen molar-refractivity contribution in [2.24, 2.45) is 0 Å². The van der Waals surface area contributed by atoms with Crippen molar-refractivity contribution >= 4 is 16.7 Å². The van der Waals surface area contributed by atoms with E-state index in [1.165, 1.54) is 6.07 Å². The van der Waals surface area contributed by atoms with Crippen LogP contribution in [0.15, 0.2) is 78.9 Å². The summed E-state index contributed by atoms with van der Waals surface area (Å²) in [5.74, 6) is -0.0147. The van der Waals surface area contributed by atoms with Gasteiger partial charge in [-0.1, -0.05) is 74.4 Å². The largest absolute Gasteiger partial charge is 0.299 e. The Morgan fingerprint density at radius 1 is 0.871 bits per heavy atom. The summed E-state index contributed by atoms with van der Waals surface area (Å²) in [4.78, 5) is 17.2. The van der Waals surface area contributed by atoms with Crippen LogP contribution in [0.4, 0.5) is 4.39 Å². The second-order valence-electron chi connectivity index (χ2n) is 7.93. The number of carbonyl (C=O) groups excluding carboxylic acids is 1. The number of rotatable bonds is 8. The molecule has 3 aromatic carbocycles. The van der Waals surface area contributed by atoms with Gasteiger partial charge in [-0.3, -0.25) is 4.79 Å². The van der Waals surface area contributed by atoms with E-state index >= 15 is 0 Å². The predicted molar refractivity (Wildman–Crippen MR) is 125 cm³/mol. The fourth-order valence-electron chi connectivity index (χ4n) is 3.93. The normalized spacial score (nSPS) is 11.0. The van der Waals surface area contributed by atoms with Gasteiger partial charge in [0, 0.05) is 34.9 Å². The number of nitrogens with zero attached hydrogens (tertiary/aromatic N) is 1. The summed E-state index contributed by atoms with van der Waals surface area (Å²) in [5.41, 5.74) is 4.78. The monoisotopic (exact) mass is 411 g/mol. The van der Waals surface area contributed by atoms with Crippen molar-refractivity contribution in [2.45, 2.75) is 39.0 Å². The van der Waals surface area contributed by atoms with Crippen molar-refractivity contribution in [1.82, 2.24) is 4.98 Å². The Balaban J connectivity index is 1.77. The van der Waals surface area contributed by atoms with Gasteiger partial charge in [0.2, 0.25) is 0 Å². The number of benzene rings is 3. The first-order valence-electron chi connectivity index (χ1n) is 10.9. The number of hydrogen-bond acceptors (Lipinski definition) is 2. The van der Waals surface area contributed by atoms with Gasteiger partial charge in [0.15, 0.2) is 0 Å². The molecule has 0 radical (unpaired) electrons. The summed E-state index contributed by atoms with van der Waals surface area (Å²) in [5, 5.41) is 0.914. The number of ketones is 1. The summed E-state index contributed by atoms with van der Waals surface area (Å²) in [6.45, 7) is 2.14. The van der Waals surface area contributed by atoms with Gasteiger partial charge in [-0.25, -0.2) is 9.37 Å². The lowest BCUT2D eigenvalue weighted by molar-refractivity contribution is -0.118. The van der Waals surface area contributed by atoms with Gasteiger partial charge in [-0.05, 0) is 36.2 Å². The minimum absolute atomic E-state index is 0.260. The first kappa shape index (κ1) is 20.9. The molecule has 0 unspecified atom stereocenters. The smallest absolute Gasteiger partial charge is 0.137 e. The number of halogens is 1. The van der Waals surface area contributed by atoms with Crippen molar-refractivity contribution in [2.75, 3.05) is 0 Å². The molecular weight excluding hydrogens is 385 g/mol. The number of carbonyl (C=O) groups is 1. The first-order chi connectivity index (χ1) is 15.2. The molecular formula is C28H26FNO. The molecule has 0 bridgehead atoms. The average Bonchev–Trinajstić information content (AvgIpc) is 2.79. The lowest BCUT2D eigenvalue weighted by Crippen LogP contribution is -2.02. The van der Waals surface area contributed by atoms with E-state index in [0.29, 0.717) is 18.4 Å². The minimum Gasteiger partial charge on any atom is -0.299 e. The molecule has 0 aliphatic heterocycles. The molecule has 0 amide bonds. The fraction of sp³-hybridized carbons (Fsp3) is 0.214. The van der Waals surface area contributed by atoms with E-state index < -0.39 is 0 Å². The van der Waals surface area contributed by atoms with Crippen LogP contribution in [0.5, 0.6) is 0 Å². The third-order valence-corrected chi connectivity index (χ3v) is 5.55. The summed E-state index contributed by atoms with van der Waals surface area (Å²) < 4.78 is 14.7. The lowest BCUT2D eigenvalue weighted by atomic mass is 9.96. The van der Waals surface area contributed by atoms with E-state index in [1.807, 2.05) is 60.7 Å². The SMILES string of the molecule is CCCCCC(=O)Cc1ccc2nc(-c3ccccc3)c(-c3ccccc3F)cc2c1. The number of fused-ring (bicyclic) bond motifs is 1. The van der Waals surface area contributed by atoms with Crippen LogP contribution < -0.4 is 0 Å². The van der Waals surface area contributed by atoms with Crippen molar-refractivity contribution in [3.8, 4) is 22.4 Å². The Kier molecular flexibility index (Phi) is 6.51. The van der Waals surface area contributed by atoms with E-state index in [1.54, 1.807) is 12.1 Å². The lowest BCUT2D eigenvalue weighted by Gasteiger charge is -2.13. The highest BCUT2D eigenvalue weighted by Gasteiger charge is 2.15. The van der Waals surface area contributed by atoms with Gasteiger partial charge in [0.1, 0.15) is 11.6 Å². The number of unbranched alkanes of at least 4 members (excludes halogenated alkanes) is 2. The van der Waals surface area contributed by atoms with Gasteiger partial charge in [0.05, 0.1) is 11.2 Å². The van der Waals surface area contributed by atoms with Crippen molar-refractivity contribution < 1.29 is 9.18 Å². The zero-order valence-electron chi connectivity index (χ0n) is 17.8. The van der Waals surface area contributed by atoms with E-state index in [-0.39, 0.29) is 11.6 Å². The molecule has 1 aromatic heterocycles. The third-order valence-electron chi connectivity index (χ3n) is 5.55. The van der Waals surface area contributed by atoms with Crippen LogP contribution in [0.25, 0.3) is 33.3 Å². The molecule has 0 aliphatic carbocycles. The average molecular weight is 412 g/mol. The zero-order valence-corrected chi connectivity index (χ0v) is 17.8. The van der Waals surface area contributed by atoms with Crippen molar-refractivity contribution in [3.63, 3.8) is 0 Å². The molecule has 0 aliphatic rings. The van der Waals surface area contributed by atoms with Crippen LogP contribution in [0.1, 0.15) is 38.2 Å². The molecule has 1 heterocycles. The maximum atomic E-state index is 14.7. The highest BCUT2D eigenvalue weighted by atomic mass is 19.1. The minimum atomic E-state index is -0.275. The zero-order chi connectivity index (χ0) is 21.6. The summed E-state index contributed by atoms with van der Waals surface area (Å²) in [6.07, 6.45) is 4.19. The molecule has 3 heteroatoms. The molecule has 4 rings (SSSR count). The third kappa shape index (κ3) is 4.88. The van der Waals surface area contributed by atoms with Crippen LogP contribution in [-0.4, -0.2) is 10.8 Å². The van der Waals surface area contributed by atoms with Crippen molar-refractivity contribution in [1.29, 1.82) is 0 Å². The molecule has 0 saturated heterocycles. The molecule has 2 nitrogen and oxygen atoms in total. The van der Waals surface area contributed by atoms with Crippen LogP contribution in [0.3, 0.4) is 0 Å². The standard InChI is InChI=1S/C28H26FNO/c1-2-3-5-12-23(31)18-20-15-16-27-22(17-20)19-25(24-13-8-9-14-26(24)29)28(30-27)21-10-6-4-7-11-21/h4,6-11,13-17,19H,2-3,5,12,18H2,1H3. The van der Waals surface area contributed by atoms with Gasteiger partial charge in [-0.15, -0.1) is 0 Å². The number of pyridine rings is 1. The molecule has 156 valence electrons. The highest BCUT2D eigenvalue weighted by molar-refractivity contribution is 5.92. The summed E-state index contributed by atoms with van der Waals surface area (Å²) in [7, 11) is 0. The number of hydrogen-bond donors (Lipinski definition) is 0. The maximum Gasteiger partial charge on any atom is 0.137 e. The van der Waals surface area contributed by atoms with Gasteiger partial charge >= 0.3 is 0 Å². The topological polar surface area (TPSA) is 30.0 Å². The van der Waals surface area contributed by atoms with E-state index in [4.69, 9.17) is 4.98 Å². The number of Topliss-reactive ketones (excluding diaryl/α,β-unsaturated/α-hetero) is 1. The Hall–Kier alpha value is -3.33. The molecule has 0 saturated carbocycles. The Bertz CT molecular complexity index is 1200. The molecule has 0 fully saturated rings. The molecule has 0 N–H and O–H groups in total. The number of aromatic nitrogens is 1. The van der Waals surface area contributed by atoms with Crippen LogP contribution in [-0.2, 0) is 11.2 Å². The van der Waals surface area contributed by atoms with Gasteiger partial charge < -0.3 is 0 Å². The Labute approximate surface area is 182 Å². The second-order valence-corrected chi connectivity index (χ2v) is 7.93. The molecule has 31 heavy (non-hydrogen) atoms. The molecule has 0 atom stereocenters. The van der Waals surface area contributed by atoms with E-state index in [9.17, 15) is 9.18 Å². The fourth-order valence-corrected chi connectivity index (χ4v) is 3.93. The maximum absolute atomic E-state index is 14.7. The molecule has 0 spiro atoms. The predicted octanol–water partition coefficient (Wildman–Crippen LogP) is 7.40. The first-order valence-corrected chi connectivity index (χ1v) is 10.9. The highest BCUT2D eigenvalue weighted by Crippen LogP contribution is 2.35. The van der Waals surface area contributed by atoms with Crippen molar-refractivity contribution in [3.05, 3.63) is 90.2 Å². The van der Waals surface area contributed by atoms with Gasteiger partial charge in [0.25, 0.3) is 0 Å². The van der Waals surface area contributed by atoms with E-state index in [0.717, 1.165) is 52.5 Å². The Morgan fingerprint density at radius 3 is 2.42 bits per heavy atom. The van der Waals surface area contributed by atoms with Crippen LogP contribution in [0.2, 0.25) is 0 Å². The second kappa shape index (κ2) is 9.65. The quantitative estimate of drug-likeness (QED) is 0.283. The van der Waals surface area contributed by atoms with Gasteiger partial charge in [-0.2, -0.15) is 0 Å². The summed E-state index contributed by atoms with van der Waals surface area (Å²) >= 11 is 0. The Morgan fingerprint density at radius 2 is 1.65 bits per heavy atom. The molecule has 4 aromatic rings. The van der Waals surface area contributed by atoms with E-state index in [2.05, 4.69) is 6.92 Å². The van der Waals surface area contributed by atoms with Crippen LogP contribution >= 0.6 is 0 Å². The van der Waals surface area contributed by atoms with Crippen LogP contribution in [0, 0.1) is 5.82 Å².